The van der Waals surface area contributed by atoms with Gasteiger partial charge >= 0.3 is 0 Å². The van der Waals surface area contributed by atoms with Crippen molar-refractivity contribution in [2.75, 3.05) is 0 Å². The van der Waals surface area contributed by atoms with Gasteiger partial charge in [0.05, 0.1) is 17.9 Å². The van der Waals surface area contributed by atoms with Gasteiger partial charge in [0, 0.05) is 30.5 Å². The summed E-state index contributed by atoms with van der Waals surface area (Å²) in [6.07, 6.45) is 5.16. The van der Waals surface area contributed by atoms with Crippen LogP contribution in [0, 0.1) is 0 Å². The van der Waals surface area contributed by atoms with Crippen LogP contribution in [0.2, 0.25) is 0 Å². The molecule has 0 fully saturated rings. The van der Waals surface area contributed by atoms with E-state index in [2.05, 4.69) is 68.5 Å². The lowest BCUT2D eigenvalue weighted by Gasteiger charge is -2.19. The lowest BCUT2D eigenvalue weighted by molar-refractivity contribution is 0.419. The Bertz CT molecular complexity index is 561. The molecule has 0 amide bonds. The number of aromatic nitrogens is 4. The Morgan fingerprint density at radius 1 is 1.14 bits per heavy atom. The number of hydrogen-bond acceptors (Lipinski definition) is 3. The van der Waals surface area contributed by atoms with E-state index >= 15 is 0 Å². The van der Waals surface area contributed by atoms with Crippen molar-refractivity contribution in [3.8, 4) is 0 Å². The van der Waals surface area contributed by atoms with E-state index in [0.29, 0.717) is 6.04 Å². The molecular formula is C16H27N5. The summed E-state index contributed by atoms with van der Waals surface area (Å²) in [7, 11) is 0. The van der Waals surface area contributed by atoms with E-state index in [0.717, 1.165) is 30.9 Å². The fraction of sp³-hybridized carbons (Fsp3) is 0.625. The van der Waals surface area contributed by atoms with E-state index in [1.165, 1.54) is 0 Å². The normalized spacial score (nSPS) is 13.6. The second kappa shape index (κ2) is 6.43. The van der Waals surface area contributed by atoms with E-state index in [1.54, 1.807) is 0 Å². The first-order valence-electron chi connectivity index (χ1n) is 7.69. The molecule has 1 atom stereocenters. The summed E-state index contributed by atoms with van der Waals surface area (Å²) in [5.41, 5.74) is 2.22. The maximum Gasteiger partial charge on any atom is 0.0849 e. The lowest BCUT2D eigenvalue weighted by Crippen LogP contribution is -2.35. The van der Waals surface area contributed by atoms with Crippen molar-refractivity contribution in [2.24, 2.45) is 0 Å². The SMILES string of the molecule is CCC(C)n1ccc(Cn2ccc(CNC(C)(C)C)n2)n1. The van der Waals surface area contributed by atoms with Gasteiger partial charge in [-0.2, -0.15) is 10.2 Å². The summed E-state index contributed by atoms with van der Waals surface area (Å²) in [5.74, 6) is 0. The summed E-state index contributed by atoms with van der Waals surface area (Å²) < 4.78 is 3.98. The fourth-order valence-corrected chi connectivity index (χ4v) is 2.00. The molecule has 5 heteroatoms. The molecule has 1 N–H and O–H groups in total. The second-order valence-corrected chi connectivity index (χ2v) is 6.65. The minimum atomic E-state index is 0.110. The van der Waals surface area contributed by atoms with Crippen LogP contribution in [-0.4, -0.2) is 25.1 Å². The van der Waals surface area contributed by atoms with Gasteiger partial charge in [-0.25, -0.2) is 0 Å². The smallest absolute Gasteiger partial charge is 0.0849 e. The van der Waals surface area contributed by atoms with Crippen molar-refractivity contribution in [3.63, 3.8) is 0 Å². The Labute approximate surface area is 127 Å². The molecule has 0 aromatic carbocycles. The summed E-state index contributed by atoms with van der Waals surface area (Å²) in [6.45, 7) is 12.3. The molecule has 5 nitrogen and oxygen atoms in total. The van der Waals surface area contributed by atoms with Crippen molar-refractivity contribution in [1.29, 1.82) is 0 Å². The average Bonchev–Trinajstić information content (AvgIpc) is 3.04. The Morgan fingerprint density at radius 2 is 1.86 bits per heavy atom. The molecule has 21 heavy (non-hydrogen) atoms. The highest BCUT2D eigenvalue weighted by Gasteiger charge is 2.10. The van der Waals surface area contributed by atoms with Gasteiger partial charge in [-0.15, -0.1) is 0 Å². The zero-order valence-corrected chi connectivity index (χ0v) is 13.8. The molecule has 0 aliphatic heterocycles. The van der Waals surface area contributed by atoms with Crippen LogP contribution >= 0.6 is 0 Å². The highest BCUT2D eigenvalue weighted by Crippen LogP contribution is 2.10. The summed E-state index contributed by atoms with van der Waals surface area (Å²) >= 11 is 0. The molecule has 0 radical (unpaired) electrons. The highest BCUT2D eigenvalue weighted by molar-refractivity contribution is 5.04. The Kier molecular flexibility index (Phi) is 4.83. The van der Waals surface area contributed by atoms with Crippen LogP contribution in [0.4, 0.5) is 0 Å². The van der Waals surface area contributed by atoms with Gasteiger partial charge in [-0.1, -0.05) is 6.92 Å². The summed E-state index contributed by atoms with van der Waals surface area (Å²) in [6, 6.07) is 4.58. The van der Waals surface area contributed by atoms with Gasteiger partial charge in [0.1, 0.15) is 0 Å². The Hall–Kier alpha value is -1.62. The predicted molar refractivity (Wildman–Crippen MR) is 85.2 cm³/mol. The summed E-state index contributed by atoms with van der Waals surface area (Å²) in [5, 5.41) is 12.6. The molecule has 0 saturated heterocycles. The second-order valence-electron chi connectivity index (χ2n) is 6.65. The highest BCUT2D eigenvalue weighted by atomic mass is 15.3. The van der Waals surface area contributed by atoms with Crippen LogP contribution in [0.3, 0.4) is 0 Å². The molecule has 2 heterocycles. The van der Waals surface area contributed by atoms with E-state index in [1.807, 2.05) is 15.6 Å². The molecule has 116 valence electrons. The quantitative estimate of drug-likeness (QED) is 0.889. The van der Waals surface area contributed by atoms with Crippen molar-refractivity contribution in [3.05, 3.63) is 35.9 Å². The number of rotatable bonds is 6. The summed E-state index contributed by atoms with van der Waals surface area (Å²) in [4.78, 5) is 0. The predicted octanol–water partition coefficient (Wildman–Crippen LogP) is 2.99. The van der Waals surface area contributed by atoms with Crippen molar-refractivity contribution in [2.45, 2.75) is 65.7 Å². The molecule has 2 aromatic heterocycles. The van der Waals surface area contributed by atoms with Crippen molar-refractivity contribution >= 4 is 0 Å². The van der Waals surface area contributed by atoms with E-state index < -0.39 is 0 Å². The molecule has 0 aliphatic carbocycles. The van der Waals surface area contributed by atoms with Crippen molar-refractivity contribution < 1.29 is 0 Å². The largest absolute Gasteiger partial charge is 0.306 e. The molecule has 1 unspecified atom stereocenters. The van der Waals surface area contributed by atoms with E-state index in [4.69, 9.17) is 0 Å². The van der Waals surface area contributed by atoms with E-state index in [-0.39, 0.29) is 5.54 Å². The maximum absolute atomic E-state index is 4.61. The third-order valence-corrected chi connectivity index (χ3v) is 3.53. The lowest BCUT2D eigenvalue weighted by atomic mass is 10.1. The monoisotopic (exact) mass is 289 g/mol. The minimum Gasteiger partial charge on any atom is -0.306 e. The van der Waals surface area contributed by atoms with Crippen LogP contribution < -0.4 is 5.32 Å². The minimum absolute atomic E-state index is 0.110. The van der Waals surface area contributed by atoms with Gasteiger partial charge in [0.15, 0.2) is 0 Å². The standard InChI is InChI=1S/C16H27N5/c1-6-13(2)21-10-8-15(19-21)12-20-9-7-14(18-20)11-17-16(3,4)5/h7-10,13,17H,6,11-12H2,1-5H3. The zero-order valence-electron chi connectivity index (χ0n) is 13.8. The average molecular weight is 289 g/mol. The maximum atomic E-state index is 4.61. The van der Waals surface area contributed by atoms with Gasteiger partial charge in [-0.3, -0.25) is 9.36 Å². The molecule has 0 spiro atoms. The fourth-order valence-electron chi connectivity index (χ4n) is 2.00. The number of nitrogens with zero attached hydrogens (tertiary/aromatic N) is 4. The van der Waals surface area contributed by atoms with Gasteiger partial charge in [0.25, 0.3) is 0 Å². The topological polar surface area (TPSA) is 47.7 Å². The van der Waals surface area contributed by atoms with Crippen LogP contribution in [0.25, 0.3) is 0 Å². The third kappa shape index (κ3) is 4.70. The first kappa shape index (κ1) is 15.8. The van der Waals surface area contributed by atoms with Crippen molar-refractivity contribution in [1.82, 2.24) is 24.9 Å². The molecule has 0 saturated carbocycles. The first-order chi connectivity index (χ1) is 9.87. The molecule has 0 bridgehead atoms. The van der Waals surface area contributed by atoms with Gasteiger partial charge < -0.3 is 5.32 Å². The van der Waals surface area contributed by atoms with Gasteiger partial charge in [-0.05, 0) is 46.2 Å². The van der Waals surface area contributed by atoms with Gasteiger partial charge in [0.2, 0.25) is 0 Å². The van der Waals surface area contributed by atoms with Crippen LogP contribution in [0.5, 0.6) is 0 Å². The Balaban J connectivity index is 1.94. The van der Waals surface area contributed by atoms with Crippen LogP contribution in [-0.2, 0) is 13.1 Å². The molecule has 2 aromatic rings. The number of hydrogen-bond donors (Lipinski definition) is 1. The molecular weight excluding hydrogens is 262 g/mol. The Morgan fingerprint density at radius 3 is 2.52 bits per heavy atom. The van der Waals surface area contributed by atoms with Crippen LogP contribution in [0.15, 0.2) is 24.5 Å². The zero-order chi connectivity index (χ0) is 15.5. The first-order valence-corrected chi connectivity index (χ1v) is 7.69. The molecule has 2 rings (SSSR count). The number of nitrogens with one attached hydrogen (secondary N) is 1. The third-order valence-electron chi connectivity index (χ3n) is 3.53. The molecule has 0 aliphatic rings. The van der Waals surface area contributed by atoms with Crippen LogP contribution in [0.1, 0.15) is 58.5 Å². The van der Waals surface area contributed by atoms with E-state index in [9.17, 15) is 0 Å².